The fraction of sp³-hybridized carbons (Fsp3) is 0.467. The SMILES string of the molecule is CN(C)S(=O)(=O)c1ccccc1N1CCCC1Cn1cncn1. The highest BCUT2D eigenvalue weighted by Gasteiger charge is 2.30. The van der Waals surface area contributed by atoms with Crippen molar-refractivity contribution in [2.45, 2.75) is 30.3 Å². The second-order valence-corrected chi connectivity index (χ2v) is 7.98. The molecule has 1 saturated heterocycles. The summed E-state index contributed by atoms with van der Waals surface area (Å²) in [5, 5.41) is 4.16. The highest BCUT2D eigenvalue weighted by atomic mass is 32.2. The molecule has 0 saturated carbocycles. The molecule has 124 valence electrons. The molecular weight excluding hydrogens is 314 g/mol. The molecule has 0 amide bonds. The van der Waals surface area contributed by atoms with Crippen LogP contribution in [0.15, 0.2) is 41.8 Å². The number of aromatic nitrogens is 3. The van der Waals surface area contributed by atoms with E-state index in [0.29, 0.717) is 11.4 Å². The molecule has 3 rings (SSSR count). The zero-order valence-corrected chi connectivity index (χ0v) is 14.1. The zero-order valence-electron chi connectivity index (χ0n) is 13.3. The maximum absolute atomic E-state index is 12.6. The quantitative estimate of drug-likeness (QED) is 0.821. The molecule has 1 aromatic heterocycles. The summed E-state index contributed by atoms with van der Waals surface area (Å²) in [5.41, 5.74) is 0.767. The molecule has 0 N–H and O–H groups in total. The van der Waals surface area contributed by atoms with Crippen LogP contribution in [-0.4, -0.2) is 54.2 Å². The molecule has 7 nitrogen and oxygen atoms in total. The first-order valence-electron chi connectivity index (χ1n) is 7.61. The summed E-state index contributed by atoms with van der Waals surface area (Å²) in [6, 6.07) is 7.43. The van der Waals surface area contributed by atoms with E-state index in [1.807, 2.05) is 12.1 Å². The fourth-order valence-corrected chi connectivity index (χ4v) is 4.09. The Bertz CT molecular complexity index is 758. The Labute approximate surface area is 136 Å². The number of sulfonamides is 1. The van der Waals surface area contributed by atoms with Gasteiger partial charge in [-0.15, -0.1) is 0 Å². The second-order valence-electron chi connectivity index (χ2n) is 5.86. The molecule has 0 radical (unpaired) electrons. The molecule has 1 unspecified atom stereocenters. The average molecular weight is 335 g/mol. The van der Waals surface area contributed by atoms with Crippen LogP contribution in [0.4, 0.5) is 5.69 Å². The zero-order chi connectivity index (χ0) is 16.4. The maximum Gasteiger partial charge on any atom is 0.244 e. The largest absolute Gasteiger partial charge is 0.366 e. The number of anilines is 1. The summed E-state index contributed by atoms with van der Waals surface area (Å²) in [6.07, 6.45) is 5.26. The van der Waals surface area contributed by atoms with Gasteiger partial charge in [0, 0.05) is 26.7 Å². The van der Waals surface area contributed by atoms with Gasteiger partial charge in [-0.2, -0.15) is 5.10 Å². The van der Waals surface area contributed by atoms with Gasteiger partial charge in [0.2, 0.25) is 10.0 Å². The summed E-state index contributed by atoms with van der Waals surface area (Å²) in [7, 11) is -0.356. The minimum absolute atomic E-state index is 0.218. The standard InChI is InChI=1S/C15H21N5O2S/c1-18(2)23(21,22)15-8-4-3-7-14(15)20-9-5-6-13(20)10-19-12-16-11-17-19/h3-4,7-8,11-13H,5-6,9-10H2,1-2H3. The number of rotatable bonds is 5. The lowest BCUT2D eigenvalue weighted by molar-refractivity contribution is 0.503. The highest BCUT2D eigenvalue weighted by molar-refractivity contribution is 7.89. The first-order chi connectivity index (χ1) is 11.0. The molecule has 1 fully saturated rings. The van der Waals surface area contributed by atoms with Gasteiger partial charge >= 0.3 is 0 Å². The molecule has 2 aromatic rings. The first-order valence-corrected chi connectivity index (χ1v) is 9.05. The summed E-state index contributed by atoms with van der Waals surface area (Å²) in [5.74, 6) is 0. The predicted molar refractivity (Wildman–Crippen MR) is 87.7 cm³/mol. The Morgan fingerprint density at radius 3 is 2.78 bits per heavy atom. The van der Waals surface area contributed by atoms with E-state index in [0.717, 1.165) is 25.1 Å². The van der Waals surface area contributed by atoms with E-state index in [2.05, 4.69) is 15.0 Å². The van der Waals surface area contributed by atoms with E-state index in [9.17, 15) is 8.42 Å². The number of nitrogens with zero attached hydrogens (tertiary/aromatic N) is 5. The van der Waals surface area contributed by atoms with Crippen molar-refractivity contribution in [1.82, 2.24) is 19.1 Å². The van der Waals surface area contributed by atoms with Crippen LogP contribution in [0.5, 0.6) is 0 Å². The lowest BCUT2D eigenvalue weighted by Gasteiger charge is -2.29. The van der Waals surface area contributed by atoms with E-state index in [1.165, 1.54) is 10.6 Å². The molecule has 8 heteroatoms. The predicted octanol–water partition coefficient (Wildman–Crippen LogP) is 1.20. The van der Waals surface area contributed by atoms with Crippen molar-refractivity contribution in [3.8, 4) is 0 Å². The van der Waals surface area contributed by atoms with Crippen molar-refractivity contribution in [3.63, 3.8) is 0 Å². The van der Waals surface area contributed by atoms with Gasteiger partial charge < -0.3 is 4.90 Å². The summed E-state index contributed by atoms with van der Waals surface area (Å²) < 4.78 is 28.3. The lowest BCUT2D eigenvalue weighted by Crippen LogP contribution is -2.35. The normalized spacial score (nSPS) is 18.7. The fourth-order valence-electron chi connectivity index (χ4n) is 2.99. The molecule has 1 aromatic carbocycles. The van der Waals surface area contributed by atoms with Crippen molar-refractivity contribution in [1.29, 1.82) is 0 Å². The van der Waals surface area contributed by atoms with E-state index in [4.69, 9.17) is 0 Å². The number of para-hydroxylation sites is 1. The Kier molecular flexibility index (Phi) is 4.36. The monoisotopic (exact) mass is 335 g/mol. The van der Waals surface area contributed by atoms with Gasteiger partial charge in [-0.25, -0.2) is 17.7 Å². The van der Waals surface area contributed by atoms with Gasteiger partial charge in [0.1, 0.15) is 17.6 Å². The topological polar surface area (TPSA) is 71.3 Å². The number of benzene rings is 1. The third-order valence-corrected chi connectivity index (χ3v) is 6.04. The highest BCUT2D eigenvalue weighted by Crippen LogP contribution is 2.32. The minimum Gasteiger partial charge on any atom is -0.366 e. The molecule has 1 atom stereocenters. The number of hydrogen-bond acceptors (Lipinski definition) is 5. The van der Waals surface area contributed by atoms with E-state index in [-0.39, 0.29) is 6.04 Å². The molecule has 23 heavy (non-hydrogen) atoms. The van der Waals surface area contributed by atoms with Gasteiger partial charge in [-0.1, -0.05) is 12.1 Å². The van der Waals surface area contributed by atoms with E-state index >= 15 is 0 Å². The van der Waals surface area contributed by atoms with Crippen LogP contribution in [0, 0.1) is 0 Å². The van der Waals surface area contributed by atoms with Gasteiger partial charge in [-0.3, -0.25) is 4.68 Å². The number of hydrogen-bond donors (Lipinski definition) is 0. The van der Waals surface area contributed by atoms with Crippen molar-refractivity contribution in [2.75, 3.05) is 25.5 Å². The molecule has 1 aliphatic rings. The van der Waals surface area contributed by atoms with Gasteiger partial charge in [0.25, 0.3) is 0 Å². The van der Waals surface area contributed by atoms with E-state index in [1.54, 1.807) is 37.2 Å². The molecule has 2 heterocycles. The van der Waals surface area contributed by atoms with Crippen molar-refractivity contribution in [3.05, 3.63) is 36.9 Å². The van der Waals surface area contributed by atoms with Crippen LogP contribution >= 0.6 is 0 Å². The van der Waals surface area contributed by atoms with Crippen molar-refractivity contribution >= 4 is 15.7 Å². The van der Waals surface area contributed by atoms with Crippen LogP contribution in [0.3, 0.4) is 0 Å². The second kappa shape index (κ2) is 6.29. The van der Waals surface area contributed by atoms with Crippen molar-refractivity contribution < 1.29 is 8.42 Å². The molecular formula is C15H21N5O2S. The van der Waals surface area contributed by atoms with Gasteiger partial charge in [-0.05, 0) is 25.0 Å². The van der Waals surface area contributed by atoms with Crippen LogP contribution in [0.1, 0.15) is 12.8 Å². The molecule has 0 spiro atoms. The molecule has 0 aliphatic carbocycles. The lowest BCUT2D eigenvalue weighted by atomic mass is 10.2. The third kappa shape index (κ3) is 3.09. The van der Waals surface area contributed by atoms with Crippen molar-refractivity contribution in [2.24, 2.45) is 0 Å². The molecule has 0 bridgehead atoms. The molecule has 1 aliphatic heterocycles. The van der Waals surface area contributed by atoms with Crippen LogP contribution in [0.25, 0.3) is 0 Å². The van der Waals surface area contributed by atoms with Gasteiger partial charge in [0.05, 0.1) is 12.2 Å². The summed E-state index contributed by atoms with van der Waals surface area (Å²) >= 11 is 0. The Balaban J connectivity index is 1.95. The first kappa shape index (κ1) is 15.9. The maximum atomic E-state index is 12.6. The smallest absolute Gasteiger partial charge is 0.244 e. The van der Waals surface area contributed by atoms with Gasteiger partial charge in [0.15, 0.2) is 0 Å². The Morgan fingerprint density at radius 2 is 2.09 bits per heavy atom. The van der Waals surface area contributed by atoms with Crippen LogP contribution < -0.4 is 4.90 Å². The van der Waals surface area contributed by atoms with Crippen LogP contribution in [-0.2, 0) is 16.6 Å². The summed E-state index contributed by atoms with van der Waals surface area (Å²) in [6.45, 7) is 1.55. The average Bonchev–Trinajstić information content (AvgIpc) is 3.19. The Morgan fingerprint density at radius 1 is 1.30 bits per heavy atom. The van der Waals surface area contributed by atoms with Crippen LogP contribution in [0.2, 0.25) is 0 Å². The Hall–Kier alpha value is -1.93. The third-order valence-electron chi connectivity index (χ3n) is 4.17. The minimum atomic E-state index is -3.47. The summed E-state index contributed by atoms with van der Waals surface area (Å²) in [4.78, 5) is 6.51. The van der Waals surface area contributed by atoms with E-state index < -0.39 is 10.0 Å².